The zero-order valence-electron chi connectivity index (χ0n) is 12.5. The number of amides is 1. The van der Waals surface area contributed by atoms with Crippen molar-refractivity contribution in [3.63, 3.8) is 0 Å². The van der Waals surface area contributed by atoms with Crippen LogP contribution in [0, 0.1) is 0 Å². The SMILES string of the molecule is CCc1cc(NNC(=O)c2ccco2)nc(-c2ccccn2)n1. The molecule has 3 rings (SSSR count). The molecule has 0 fully saturated rings. The van der Waals surface area contributed by atoms with Gasteiger partial charge in [-0.15, -0.1) is 0 Å². The molecule has 0 unspecified atom stereocenters. The third-order valence-electron chi connectivity index (χ3n) is 3.08. The van der Waals surface area contributed by atoms with Crippen LogP contribution in [-0.2, 0) is 6.42 Å². The van der Waals surface area contributed by atoms with Crippen LogP contribution in [0.15, 0.2) is 53.3 Å². The second-order valence-corrected chi connectivity index (χ2v) is 4.69. The summed E-state index contributed by atoms with van der Waals surface area (Å²) in [7, 11) is 0. The number of carbonyl (C=O) groups excluding carboxylic acids is 1. The summed E-state index contributed by atoms with van der Waals surface area (Å²) in [6.45, 7) is 2.00. The Balaban J connectivity index is 1.80. The largest absolute Gasteiger partial charge is 0.459 e. The van der Waals surface area contributed by atoms with Crippen LogP contribution in [-0.4, -0.2) is 20.9 Å². The van der Waals surface area contributed by atoms with E-state index in [1.807, 2.05) is 25.1 Å². The maximum Gasteiger partial charge on any atom is 0.305 e. The van der Waals surface area contributed by atoms with Gasteiger partial charge in [0.1, 0.15) is 11.5 Å². The monoisotopic (exact) mass is 309 g/mol. The highest BCUT2D eigenvalue weighted by atomic mass is 16.3. The minimum absolute atomic E-state index is 0.215. The summed E-state index contributed by atoms with van der Waals surface area (Å²) >= 11 is 0. The Kier molecular flexibility index (Phi) is 4.28. The fourth-order valence-corrected chi connectivity index (χ4v) is 1.94. The number of nitrogens with one attached hydrogen (secondary N) is 2. The van der Waals surface area contributed by atoms with E-state index in [-0.39, 0.29) is 11.7 Å². The molecule has 0 atom stereocenters. The van der Waals surface area contributed by atoms with Crippen molar-refractivity contribution in [1.29, 1.82) is 0 Å². The van der Waals surface area contributed by atoms with Crippen LogP contribution in [0.2, 0.25) is 0 Å². The molecule has 2 N–H and O–H groups in total. The number of hydrazine groups is 1. The highest BCUT2D eigenvalue weighted by Crippen LogP contribution is 2.15. The average molecular weight is 309 g/mol. The van der Waals surface area contributed by atoms with Gasteiger partial charge in [-0.05, 0) is 30.7 Å². The summed E-state index contributed by atoms with van der Waals surface area (Å²) < 4.78 is 5.03. The lowest BCUT2D eigenvalue weighted by molar-refractivity contribution is 0.0935. The molecule has 0 saturated heterocycles. The second kappa shape index (κ2) is 6.69. The number of hydrogen-bond acceptors (Lipinski definition) is 6. The molecule has 7 heteroatoms. The fraction of sp³-hybridized carbons (Fsp3) is 0.125. The van der Waals surface area contributed by atoms with E-state index in [0.717, 1.165) is 12.1 Å². The number of furan rings is 1. The molecular weight excluding hydrogens is 294 g/mol. The number of rotatable bonds is 5. The van der Waals surface area contributed by atoms with E-state index >= 15 is 0 Å². The number of aromatic nitrogens is 3. The molecule has 0 aliphatic rings. The van der Waals surface area contributed by atoms with Crippen LogP contribution < -0.4 is 10.9 Å². The molecule has 0 aliphatic carbocycles. The first-order valence-corrected chi connectivity index (χ1v) is 7.15. The summed E-state index contributed by atoms with van der Waals surface area (Å²) in [5, 5.41) is 0. The van der Waals surface area contributed by atoms with Crippen molar-refractivity contribution in [2.75, 3.05) is 5.43 Å². The van der Waals surface area contributed by atoms with Crippen molar-refractivity contribution in [3.8, 4) is 11.5 Å². The smallest absolute Gasteiger partial charge is 0.305 e. The van der Waals surface area contributed by atoms with Gasteiger partial charge in [-0.3, -0.25) is 20.6 Å². The van der Waals surface area contributed by atoms with E-state index in [0.29, 0.717) is 17.3 Å². The molecule has 0 saturated carbocycles. The summed E-state index contributed by atoms with van der Waals surface area (Å²) in [6.07, 6.45) is 3.86. The number of anilines is 1. The topological polar surface area (TPSA) is 92.9 Å². The Bertz CT molecular complexity index is 787. The van der Waals surface area contributed by atoms with Crippen LogP contribution in [0.4, 0.5) is 5.82 Å². The van der Waals surface area contributed by atoms with Crippen LogP contribution in [0.5, 0.6) is 0 Å². The third-order valence-corrected chi connectivity index (χ3v) is 3.08. The molecular formula is C16H15N5O2. The summed E-state index contributed by atoms with van der Waals surface area (Å²) in [5.41, 5.74) is 6.83. The zero-order valence-corrected chi connectivity index (χ0v) is 12.5. The van der Waals surface area contributed by atoms with Crippen molar-refractivity contribution >= 4 is 11.7 Å². The number of aryl methyl sites for hydroxylation is 1. The number of carbonyl (C=O) groups is 1. The lowest BCUT2D eigenvalue weighted by atomic mass is 10.3. The first-order valence-electron chi connectivity index (χ1n) is 7.15. The zero-order chi connectivity index (χ0) is 16.1. The van der Waals surface area contributed by atoms with Gasteiger partial charge in [0.15, 0.2) is 11.6 Å². The van der Waals surface area contributed by atoms with Gasteiger partial charge in [0.2, 0.25) is 0 Å². The Labute approximate surface area is 132 Å². The number of nitrogens with zero attached hydrogens (tertiary/aromatic N) is 3. The van der Waals surface area contributed by atoms with Crippen molar-refractivity contribution in [1.82, 2.24) is 20.4 Å². The van der Waals surface area contributed by atoms with E-state index in [1.165, 1.54) is 6.26 Å². The standard InChI is InChI=1S/C16H15N5O2/c1-2-11-10-14(20-21-16(22)13-7-5-9-23-13)19-15(18-11)12-6-3-4-8-17-12/h3-10H,2H2,1H3,(H,21,22)(H,18,19,20). The summed E-state index contributed by atoms with van der Waals surface area (Å²) in [4.78, 5) is 24.9. The Hall–Kier alpha value is -3.22. The first kappa shape index (κ1) is 14.7. The van der Waals surface area contributed by atoms with Gasteiger partial charge in [-0.1, -0.05) is 13.0 Å². The second-order valence-electron chi connectivity index (χ2n) is 4.69. The molecule has 3 heterocycles. The third kappa shape index (κ3) is 3.52. The van der Waals surface area contributed by atoms with E-state index in [4.69, 9.17) is 4.42 Å². The molecule has 7 nitrogen and oxygen atoms in total. The lowest BCUT2D eigenvalue weighted by Crippen LogP contribution is -2.29. The van der Waals surface area contributed by atoms with E-state index < -0.39 is 0 Å². The van der Waals surface area contributed by atoms with Gasteiger partial charge in [0, 0.05) is 18.0 Å². The molecule has 0 bridgehead atoms. The molecule has 23 heavy (non-hydrogen) atoms. The highest BCUT2D eigenvalue weighted by molar-refractivity contribution is 5.92. The predicted octanol–water partition coefficient (Wildman–Crippen LogP) is 2.45. The van der Waals surface area contributed by atoms with Gasteiger partial charge in [-0.2, -0.15) is 0 Å². The van der Waals surface area contributed by atoms with E-state index in [9.17, 15) is 4.79 Å². The summed E-state index contributed by atoms with van der Waals surface area (Å²) in [6, 6.07) is 10.5. The Morgan fingerprint density at radius 1 is 1.22 bits per heavy atom. The molecule has 0 radical (unpaired) electrons. The van der Waals surface area contributed by atoms with Crippen LogP contribution in [0.1, 0.15) is 23.2 Å². The van der Waals surface area contributed by atoms with Crippen molar-refractivity contribution in [2.24, 2.45) is 0 Å². The number of pyridine rings is 1. The first-order chi connectivity index (χ1) is 11.3. The van der Waals surface area contributed by atoms with Gasteiger partial charge < -0.3 is 4.42 Å². The van der Waals surface area contributed by atoms with Gasteiger partial charge in [0.25, 0.3) is 0 Å². The summed E-state index contributed by atoms with van der Waals surface area (Å²) in [5.74, 6) is 0.815. The average Bonchev–Trinajstić information content (AvgIpc) is 3.15. The quantitative estimate of drug-likeness (QED) is 0.703. The maximum atomic E-state index is 11.9. The van der Waals surface area contributed by atoms with Crippen molar-refractivity contribution < 1.29 is 9.21 Å². The molecule has 1 amide bonds. The molecule has 3 aromatic heterocycles. The van der Waals surface area contributed by atoms with Crippen LogP contribution in [0.25, 0.3) is 11.5 Å². The number of hydrogen-bond donors (Lipinski definition) is 2. The van der Waals surface area contributed by atoms with Gasteiger partial charge in [0.05, 0.1) is 6.26 Å². The van der Waals surface area contributed by atoms with Crippen molar-refractivity contribution in [2.45, 2.75) is 13.3 Å². The van der Waals surface area contributed by atoms with Crippen LogP contribution >= 0.6 is 0 Å². The Morgan fingerprint density at radius 2 is 2.13 bits per heavy atom. The van der Waals surface area contributed by atoms with Gasteiger partial charge >= 0.3 is 5.91 Å². The molecule has 0 spiro atoms. The minimum Gasteiger partial charge on any atom is -0.459 e. The molecule has 0 aromatic carbocycles. The maximum absolute atomic E-state index is 11.9. The predicted molar refractivity (Wildman–Crippen MR) is 84.4 cm³/mol. The van der Waals surface area contributed by atoms with Gasteiger partial charge in [-0.25, -0.2) is 9.97 Å². The Morgan fingerprint density at radius 3 is 2.83 bits per heavy atom. The normalized spacial score (nSPS) is 10.3. The molecule has 0 aliphatic heterocycles. The van der Waals surface area contributed by atoms with Crippen molar-refractivity contribution in [3.05, 3.63) is 60.3 Å². The minimum atomic E-state index is -0.383. The highest BCUT2D eigenvalue weighted by Gasteiger charge is 2.10. The van der Waals surface area contributed by atoms with Crippen LogP contribution in [0.3, 0.4) is 0 Å². The molecule has 3 aromatic rings. The van der Waals surface area contributed by atoms with E-state index in [1.54, 1.807) is 24.4 Å². The molecule has 116 valence electrons. The fourth-order valence-electron chi connectivity index (χ4n) is 1.94. The lowest BCUT2D eigenvalue weighted by Gasteiger charge is -2.09. The van der Waals surface area contributed by atoms with E-state index in [2.05, 4.69) is 25.8 Å².